The highest BCUT2D eigenvalue weighted by Gasteiger charge is 2.14. The van der Waals surface area contributed by atoms with E-state index in [9.17, 15) is 9.59 Å². The third-order valence-corrected chi connectivity index (χ3v) is 2.52. The van der Waals surface area contributed by atoms with Crippen LogP contribution in [0.25, 0.3) is 0 Å². The van der Waals surface area contributed by atoms with Gasteiger partial charge in [-0.25, -0.2) is 4.79 Å². The molecule has 0 spiro atoms. The number of unbranched alkanes of at least 4 members (excludes halogenated alkanes) is 1. The van der Waals surface area contributed by atoms with Gasteiger partial charge in [0.05, 0.1) is 0 Å². The van der Waals surface area contributed by atoms with Crippen LogP contribution in [0.3, 0.4) is 0 Å². The lowest BCUT2D eigenvalue weighted by Gasteiger charge is -2.14. The number of esters is 1. The van der Waals surface area contributed by atoms with Crippen LogP contribution in [0.4, 0.5) is 0 Å². The minimum atomic E-state index is -0.597. The highest BCUT2D eigenvalue weighted by Crippen LogP contribution is 2.20. The van der Waals surface area contributed by atoms with Crippen molar-refractivity contribution in [1.29, 1.82) is 0 Å². The molecular formula is C12H20O3. The summed E-state index contributed by atoms with van der Waals surface area (Å²) in [6, 6.07) is 0. The Labute approximate surface area is 91.5 Å². The number of rotatable bonds is 8. The SMILES string of the molecule is C=C(CC(CC)CCCC)C(=O)OC=O. The molecule has 1 atom stereocenters. The van der Waals surface area contributed by atoms with Crippen LogP contribution in [0.15, 0.2) is 12.2 Å². The first kappa shape index (κ1) is 13.9. The summed E-state index contributed by atoms with van der Waals surface area (Å²) in [6.45, 7) is 8.03. The Morgan fingerprint density at radius 1 is 1.47 bits per heavy atom. The monoisotopic (exact) mass is 212 g/mol. The quantitative estimate of drug-likeness (QED) is 0.269. The molecule has 1 unspecified atom stereocenters. The summed E-state index contributed by atoms with van der Waals surface area (Å²) in [6.07, 6.45) is 5.06. The molecule has 0 amide bonds. The summed E-state index contributed by atoms with van der Waals surface area (Å²) in [4.78, 5) is 21.1. The predicted molar refractivity (Wildman–Crippen MR) is 59.2 cm³/mol. The molecule has 3 heteroatoms. The maximum absolute atomic E-state index is 11.1. The molecule has 86 valence electrons. The smallest absolute Gasteiger partial charge is 0.340 e. The molecular weight excluding hydrogens is 192 g/mol. The van der Waals surface area contributed by atoms with E-state index in [1.165, 1.54) is 0 Å². The van der Waals surface area contributed by atoms with E-state index in [2.05, 4.69) is 25.2 Å². The largest absolute Gasteiger partial charge is 0.392 e. The van der Waals surface area contributed by atoms with E-state index in [1.807, 2.05) is 0 Å². The Kier molecular flexibility index (Phi) is 7.60. The molecule has 15 heavy (non-hydrogen) atoms. The number of hydrogen-bond donors (Lipinski definition) is 0. The third kappa shape index (κ3) is 6.05. The van der Waals surface area contributed by atoms with Gasteiger partial charge in [0, 0.05) is 5.57 Å². The zero-order valence-corrected chi connectivity index (χ0v) is 9.62. The van der Waals surface area contributed by atoms with Crippen LogP contribution in [0, 0.1) is 5.92 Å². The van der Waals surface area contributed by atoms with Crippen LogP contribution in [-0.4, -0.2) is 12.4 Å². The van der Waals surface area contributed by atoms with Gasteiger partial charge in [-0.2, -0.15) is 0 Å². The zero-order chi connectivity index (χ0) is 11.7. The molecule has 0 aliphatic rings. The Morgan fingerprint density at radius 3 is 2.60 bits per heavy atom. The van der Waals surface area contributed by atoms with Crippen molar-refractivity contribution < 1.29 is 14.3 Å². The van der Waals surface area contributed by atoms with Gasteiger partial charge in [0.2, 0.25) is 0 Å². The molecule has 0 bridgehead atoms. The standard InChI is InChI=1S/C12H20O3/c1-4-6-7-11(5-2)8-10(3)12(14)15-9-13/h9,11H,3-8H2,1-2H3. The lowest BCUT2D eigenvalue weighted by Crippen LogP contribution is -2.10. The third-order valence-electron chi connectivity index (χ3n) is 2.52. The van der Waals surface area contributed by atoms with Crippen molar-refractivity contribution in [3.8, 4) is 0 Å². The fraction of sp³-hybridized carbons (Fsp3) is 0.667. The predicted octanol–water partition coefficient (Wildman–Crippen LogP) is 2.85. The molecule has 0 saturated heterocycles. The highest BCUT2D eigenvalue weighted by atomic mass is 16.6. The second kappa shape index (κ2) is 8.21. The molecule has 0 N–H and O–H groups in total. The first-order chi connectivity index (χ1) is 7.15. The number of ether oxygens (including phenoxy) is 1. The molecule has 0 radical (unpaired) electrons. The lowest BCUT2D eigenvalue weighted by atomic mass is 9.92. The molecule has 0 heterocycles. The molecule has 0 saturated carbocycles. The van der Waals surface area contributed by atoms with Crippen LogP contribution in [0.1, 0.15) is 46.0 Å². The minimum Gasteiger partial charge on any atom is -0.392 e. The Morgan fingerprint density at radius 2 is 2.13 bits per heavy atom. The van der Waals surface area contributed by atoms with Gasteiger partial charge >= 0.3 is 12.4 Å². The van der Waals surface area contributed by atoms with Crippen molar-refractivity contribution in [2.24, 2.45) is 5.92 Å². The Hall–Kier alpha value is -1.12. The molecule has 0 aromatic heterocycles. The Balaban J connectivity index is 3.99. The maximum Gasteiger partial charge on any atom is 0.340 e. The molecule has 3 nitrogen and oxygen atoms in total. The van der Waals surface area contributed by atoms with Crippen LogP contribution in [0.2, 0.25) is 0 Å². The first-order valence-corrected chi connectivity index (χ1v) is 5.48. The van der Waals surface area contributed by atoms with E-state index in [4.69, 9.17) is 0 Å². The van der Waals surface area contributed by atoms with Crippen molar-refractivity contribution in [2.75, 3.05) is 0 Å². The van der Waals surface area contributed by atoms with Crippen molar-refractivity contribution >= 4 is 12.4 Å². The molecule has 0 rings (SSSR count). The van der Waals surface area contributed by atoms with Crippen LogP contribution >= 0.6 is 0 Å². The summed E-state index contributed by atoms with van der Waals surface area (Å²) < 4.78 is 4.23. The van der Waals surface area contributed by atoms with Crippen molar-refractivity contribution in [2.45, 2.75) is 46.0 Å². The second-order valence-electron chi connectivity index (χ2n) is 3.73. The zero-order valence-electron chi connectivity index (χ0n) is 9.62. The number of hydrogen-bond acceptors (Lipinski definition) is 3. The second-order valence-corrected chi connectivity index (χ2v) is 3.73. The van der Waals surface area contributed by atoms with Gasteiger partial charge in [-0.3, -0.25) is 4.79 Å². The van der Waals surface area contributed by atoms with E-state index in [0.29, 0.717) is 17.9 Å². The van der Waals surface area contributed by atoms with Crippen LogP contribution < -0.4 is 0 Å². The average Bonchev–Trinajstić information content (AvgIpc) is 2.24. The van der Waals surface area contributed by atoms with Gasteiger partial charge in [-0.15, -0.1) is 0 Å². The first-order valence-electron chi connectivity index (χ1n) is 5.48. The molecule has 0 aliphatic carbocycles. The van der Waals surface area contributed by atoms with Gasteiger partial charge in [-0.1, -0.05) is 46.1 Å². The minimum absolute atomic E-state index is 0.153. The number of carbonyl (C=O) groups excluding carboxylic acids is 2. The Bertz CT molecular complexity index is 221. The fourth-order valence-corrected chi connectivity index (χ4v) is 1.50. The summed E-state index contributed by atoms with van der Waals surface area (Å²) in [5.74, 6) is -0.128. The molecule has 0 fully saturated rings. The van der Waals surface area contributed by atoms with E-state index < -0.39 is 5.97 Å². The summed E-state index contributed by atoms with van der Waals surface area (Å²) >= 11 is 0. The lowest BCUT2D eigenvalue weighted by molar-refractivity contribution is -0.148. The highest BCUT2D eigenvalue weighted by molar-refractivity contribution is 5.91. The van der Waals surface area contributed by atoms with Gasteiger partial charge in [0.25, 0.3) is 0 Å². The van der Waals surface area contributed by atoms with Gasteiger partial charge < -0.3 is 4.74 Å². The van der Waals surface area contributed by atoms with Crippen LogP contribution in [0.5, 0.6) is 0 Å². The maximum atomic E-state index is 11.1. The van der Waals surface area contributed by atoms with Gasteiger partial charge in [0.1, 0.15) is 0 Å². The van der Waals surface area contributed by atoms with E-state index in [1.54, 1.807) is 0 Å². The topological polar surface area (TPSA) is 43.4 Å². The normalized spacial score (nSPS) is 11.9. The average molecular weight is 212 g/mol. The van der Waals surface area contributed by atoms with Gasteiger partial charge in [0.15, 0.2) is 0 Å². The van der Waals surface area contributed by atoms with Crippen molar-refractivity contribution in [1.82, 2.24) is 0 Å². The van der Waals surface area contributed by atoms with Crippen molar-refractivity contribution in [3.05, 3.63) is 12.2 Å². The molecule has 0 aromatic carbocycles. The summed E-state index contributed by atoms with van der Waals surface area (Å²) in [7, 11) is 0. The van der Waals surface area contributed by atoms with Gasteiger partial charge in [-0.05, 0) is 12.3 Å². The molecule has 0 aromatic rings. The van der Waals surface area contributed by atoms with Crippen LogP contribution in [-0.2, 0) is 14.3 Å². The molecule has 0 aliphatic heterocycles. The van der Waals surface area contributed by atoms with E-state index in [-0.39, 0.29) is 6.47 Å². The summed E-state index contributed by atoms with van der Waals surface area (Å²) in [5, 5.41) is 0. The summed E-state index contributed by atoms with van der Waals surface area (Å²) in [5.41, 5.74) is 0.394. The van der Waals surface area contributed by atoms with Crippen molar-refractivity contribution in [3.63, 3.8) is 0 Å². The fourth-order valence-electron chi connectivity index (χ4n) is 1.50. The van der Waals surface area contributed by atoms with E-state index >= 15 is 0 Å². The van der Waals surface area contributed by atoms with E-state index in [0.717, 1.165) is 25.7 Å². The number of carbonyl (C=O) groups is 2.